The van der Waals surface area contributed by atoms with Gasteiger partial charge in [0.15, 0.2) is 11.5 Å². The zero-order chi connectivity index (χ0) is 19.9. The lowest BCUT2D eigenvalue weighted by atomic mass is 10.1. The molecule has 0 unspecified atom stereocenters. The van der Waals surface area contributed by atoms with Crippen LogP contribution < -0.4 is 9.47 Å². The molecule has 5 nitrogen and oxygen atoms in total. The van der Waals surface area contributed by atoms with E-state index in [0.29, 0.717) is 24.0 Å². The van der Waals surface area contributed by atoms with E-state index in [4.69, 9.17) is 25.8 Å². The second kappa shape index (κ2) is 14.1. The summed E-state index contributed by atoms with van der Waals surface area (Å²) in [5, 5.41) is 0. The summed E-state index contributed by atoms with van der Waals surface area (Å²) in [4.78, 5) is 23.5. The predicted octanol–water partition coefficient (Wildman–Crippen LogP) is 5.06. The van der Waals surface area contributed by atoms with Gasteiger partial charge in [-0.3, -0.25) is 0 Å². The SMILES string of the molecule is CC(C)Oc1ccccc1OC(=O)/C=C/C(=O)OCCCCCCCCCl. The van der Waals surface area contributed by atoms with Crippen LogP contribution in [0.2, 0.25) is 0 Å². The van der Waals surface area contributed by atoms with Gasteiger partial charge in [0.2, 0.25) is 0 Å². The maximum atomic E-state index is 11.9. The largest absolute Gasteiger partial charge is 0.487 e. The molecule has 0 spiro atoms. The van der Waals surface area contributed by atoms with Crippen molar-refractivity contribution in [2.24, 2.45) is 0 Å². The van der Waals surface area contributed by atoms with Crippen LogP contribution in [0.5, 0.6) is 11.5 Å². The number of alkyl halides is 1. The summed E-state index contributed by atoms with van der Waals surface area (Å²) >= 11 is 5.62. The molecular formula is C21H29ClO5. The van der Waals surface area contributed by atoms with Crippen molar-refractivity contribution in [2.45, 2.75) is 58.5 Å². The maximum Gasteiger partial charge on any atom is 0.336 e. The van der Waals surface area contributed by atoms with Crippen LogP contribution in [0.1, 0.15) is 52.4 Å². The average molecular weight is 397 g/mol. The maximum absolute atomic E-state index is 11.9. The van der Waals surface area contributed by atoms with Crippen molar-refractivity contribution in [3.05, 3.63) is 36.4 Å². The summed E-state index contributed by atoms with van der Waals surface area (Å²) in [6.45, 7) is 4.11. The van der Waals surface area contributed by atoms with E-state index in [0.717, 1.165) is 50.7 Å². The summed E-state index contributed by atoms with van der Waals surface area (Å²) in [7, 11) is 0. The van der Waals surface area contributed by atoms with E-state index in [1.807, 2.05) is 13.8 Å². The summed E-state index contributed by atoms with van der Waals surface area (Å²) < 4.78 is 15.9. The molecule has 1 aromatic rings. The molecule has 0 atom stereocenters. The van der Waals surface area contributed by atoms with Crippen LogP contribution in [0, 0.1) is 0 Å². The molecule has 0 aliphatic rings. The van der Waals surface area contributed by atoms with Crippen molar-refractivity contribution in [3.63, 3.8) is 0 Å². The molecule has 1 aromatic carbocycles. The third kappa shape index (κ3) is 11.3. The van der Waals surface area contributed by atoms with E-state index < -0.39 is 11.9 Å². The zero-order valence-corrected chi connectivity index (χ0v) is 16.9. The predicted molar refractivity (Wildman–Crippen MR) is 106 cm³/mol. The Kier molecular flexibility index (Phi) is 12.0. The smallest absolute Gasteiger partial charge is 0.336 e. The van der Waals surface area contributed by atoms with Gasteiger partial charge in [0.05, 0.1) is 12.7 Å². The highest BCUT2D eigenvalue weighted by Crippen LogP contribution is 2.27. The highest BCUT2D eigenvalue weighted by Gasteiger charge is 2.09. The Morgan fingerprint density at radius 2 is 1.52 bits per heavy atom. The van der Waals surface area contributed by atoms with Crippen molar-refractivity contribution in [3.8, 4) is 11.5 Å². The molecule has 27 heavy (non-hydrogen) atoms. The number of benzene rings is 1. The van der Waals surface area contributed by atoms with Crippen LogP contribution >= 0.6 is 11.6 Å². The second-order valence-corrected chi connectivity index (χ2v) is 6.72. The number of hydrogen-bond acceptors (Lipinski definition) is 5. The van der Waals surface area contributed by atoms with Gasteiger partial charge in [-0.1, -0.05) is 37.8 Å². The molecule has 0 N–H and O–H groups in total. The van der Waals surface area contributed by atoms with Crippen LogP contribution in [-0.4, -0.2) is 30.5 Å². The summed E-state index contributed by atoms with van der Waals surface area (Å²) in [5.74, 6) is 0.279. The van der Waals surface area contributed by atoms with E-state index in [1.165, 1.54) is 0 Å². The monoisotopic (exact) mass is 396 g/mol. The van der Waals surface area contributed by atoms with Gasteiger partial charge in [-0.2, -0.15) is 0 Å². The van der Waals surface area contributed by atoms with Gasteiger partial charge in [0, 0.05) is 18.0 Å². The van der Waals surface area contributed by atoms with Gasteiger partial charge < -0.3 is 14.2 Å². The van der Waals surface area contributed by atoms with Gasteiger partial charge in [0.1, 0.15) is 0 Å². The Balaban J connectivity index is 2.28. The number of esters is 2. The van der Waals surface area contributed by atoms with Crippen molar-refractivity contribution < 1.29 is 23.8 Å². The average Bonchev–Trinajstić information content (AvgIpc) is 2.63. The first-order valence-corrected chi connectivity index (χ1v) is 9.94. The molecule has 0 bridgehead atoms. The number of carbonyl (C=O) groups is 2. The van der Waals surface area contributed by atoms with E-state index in [9.17, 15) is 9.59 Å². The normalized spacial score (nSPS) is 11.0. The number of ether oxygens (including phenoxy) is 3. The molecule has 0 amide bonds. The Morgan fingerprint density at radius 3 is 2.19 bits per heavy atom. The number of rotatable bonds is 13. The molecule has 0 saturated carbocycles. The lowest BCUT2D eigenvalue weighted by Crippen LogP contribution is -2.10. The van der Waals surface area contributed by atoms with Crippen molar-refractivity contribution in [1.29, 1.82) is 0 Å². The molecule has 0 fully saturated rings. The highest BCUT2D eigenvalue weighted by molar-refractivity contribution is 6.17. The first-order chi connectivity index (χ1) is 13.0. The minimum Gasteiger partial charge on any atom is -0.487 e. The number of hydrogen-bond donors (Lipinski definition) is 0. The van der Waals surface area contributed by atoms with Gasteiger partial charge >= 0.3 is 11.9 Å². The fourth-order valence-corrected chi connectivity index (χ4v) is 2.48. The Hall–Kier alpha value is -2.01. The molecule has 0 aromatic heterocycles. The van der Waals surface area contributed by atoms with E-state index in [-0.39, 0.29) is 6.10 Å². The third-order valence-corrected chi connectivity index (χ3v) is 3.82. The summed E-state index contributed by atoms with van der Waals surface area (Å²) in [6, 6.07) is 6.88. The number of halogens is 1. The molecule has 0 aliphatic carbocycles. The molecule has 0 saturated heterocycles. The van der Waals surface area contributed by atoms with E-state index in [1.54, 1.807) is 24.3 Å². The lowest BCUT2D eigenvalue weighted by molar-refractivity contribution is -0.138. The number of unbranched alkanes of at least 4 members (excludes halogenated alkanes) is 5. The van der Waals surface area contributed by atoms with Gasteiger partial charge in [0.25, 0.3) is 0 Å². The van der Waals surface area contributed by atoms with Gasteiger partial charge in [-0.05, 0) is 38.8 Å². The minimum absolute atomic E-state index is 0.0456. The summed E-state index contributed by atoms with van der Waals surface area (Å²) in [6.07, 6.45) is 8.35. The fraction of sp³-hybridized carbons (Fsp3) is 0.524. The van der Waals surface area contributed by atoms with Crippen LogP contribution in [0.15, 0.2) is 36.4 Å². The van der Waals surface area contributed by atoms with Gasteiger partial charge in [-0.15, -0.1) is 11.6 Å². The van der Waals surface area contributed by atoms with Gasteiger partial charge in [-0.25, -0.2) is 9.59 Å². The third-order valence-electron chi connectivity index (χ3n) is 3.55. The van der Waals surface area contributed by atoms with E-state index >= 15 is 0 Å². The van der Waals surface area contributed by atoms with Crippen LogP contribution in [0.4, 0.5) is 0 Å². The Labute approximate surface area is 166 Å². The molecule has 150 valence electrons. The summed E-state index contributed by atoms with van der Waals surface area (Å²) in [5.41, 5.74) is 0. The van der Waals surface area contributed by atoms with Crippen molar-refractivity contribution >= 4 is 23.5 Å². The Morgan fingerprint density at radius 1 is 0.926 bits per heavy atom. The topological polar surface area (TPSA) is 61.8 Å². The molecule has 6 heteroatoms. The van der Waals surface area contributed by atoms with Crippen molar-refractivity contribution in [1.82, 2.24) is 0 Å². The standard InChI is InChI=1S/C21H29ClO5/c1-17(2)26-18-11-7-8-12-19(18)27-21(24)14-13-20(23)25-16-10-6-4-3-5-9-15-22/h7-8,11-14,17H,3-6,9-10,15-16H2,1-2H3/b14-13+. The van der Waals surface area contributed by atoms with Crippen LogP contribution in [0.25, 0.3) is 0 Å². The molecular weight excluding hydrogens is 368 g/mol. The van der Waals surface area contributed by atoms with E-state index in [2.05, 4.69) is 0 Å². The first kappa shape index (κ1) is 23.0. The second-order valence-electron chi connectivity index (χ2n) is 6.35. The Bertz CT molecular complexity index is 598. The lowest BCUT2D eigenvalue weighted by Gasteiger charge is -2.13. The van der Waals surface area contributed by atoms with Crippen LogP contribution in [-0.2, 0) is 14.3 Å². The highest BCUT2D eigenvalue weighted by atomic mass is 35.5. The number of carbonyl (C=O) groups excluding carboxylic acids is 2. The minimum atomic E-state index is -0.661. The quantitative estimate of drug-likeness (QED) is 0.153. The zero-order valence-electron chi connectivity index (χ0n) is 16.1. The first-order valence-electron chi connectivity index (χ1n) is 9.41. The fourth-order valence-electron chi connectivity index (χ4n) is 2.29. The number of para-hydroxylation sites is 2. The van der Waals surface area contributed by atoms with Crippen molar-refractivity contribution in [2.75, 3.05) is 12.5 Å². The molecule has 1 rings (SSSR count). The molecule has 0 radical (unpaired) electrons. The molecule has 0 aliphatic heterocycles. The van der Waals surface area contributed by atoms with Crippen LogP contribution in [0.3, 0.4) is 0 Å². The molecule has 0 heterocycles.